The van der Waals surface area contributed by atoms with Crippen LogP contribution >= 0.6 is 0 Å². The van der Waals surface area contributed by atoms with Crippen LogP contribution in [-0.4, -0.2) is 48.6 Å². The van der Waals surface area contributed by atoms with Crippen LogP contribution in [0.1, 0.15) is 19.3 Å². The van der Waals surface area contributed by atoms with Gasteiger partial charge >= 0.3 is 0 Å². The number of nitrogens with one attached hydrogen (secondary N) is 1. The van der Waals surface area contributed by atoms with Gasteiger partial charge in [-0.1, -0.05) is 0 Å². The molecule has 0 saturated carbocycles. The molecule has 2 amide bonds. The summed E-state index contributed by atoms with van der Waals surface area (Å²) in [7, 11) is 1.71. The summed E-state index contributed by atoms with van der Waals surface area (Å²) < 4.78 is 0. The van der Waals surface area contributed by atoms with Gasteiger partial charge < -0.3 is 15.3 Å². The van der Waals surface area contributed by atoms with E-state index in [0.29, 0.717) is 25.9 Å². The van der Waals surface area contributed by atoms with Gasteiger partial charge in [0.25, 0.3) is 0 Å². The second-order valence-electron chi connectivity index (χ2n) is 3.90. The lowest BCUT2D eigenvalue weighted by atomic mass is 10.1. The van der Waals surface area contributed by atoms with E-state index >= 15 is 0 Å². The third-order valence-corrected chi connectivity index (χ3v) is 2.60. The lowest BCUT2D eigenvalue weighted by Gasteiger charge is -2.10. The first-order chi connectivity index (χ1) is 7.15. The lowest BCUT2D eigenvalue weighted by molar-refractivity contribution is -0.128. The number of aliphatic hydroxyl groups is 1. The molecule has 1 aliphatic rings. The molecule has 5 nitrogen and oxygen atoms in total. The quantitative estimate of drug-likeness (QED) is 0.598. The molecule has 0 bridgehead atoms. The van der Waals surface area contributed by atoms with Crippen LogP contribution in [-0.2, 0) is 9.59 Å². The van der Waals surface area contributed by atoms with E-state index < -0.39 is 0 Å². The predicted molar refractivity (Wildman–Crippen MR) is 55.1 cm³/mol. The van der Waals surface area contributed by atoms with E-state index in [1.54, 1.807) is 11.9 Å². The highest BCUT2D eigenvalue weighted by Gasteiger charge is 2.31. The summed E-state index contributed by atoms with van der Waals surface area (Å²) in [6.45, 7) is 1.25. The molecule has 15 heavy (non-hydrogen) atoms. The molecule has 1 rings (SSSR count). The highest BCUT2D eigenvalue weighted by atomic mass is 16.3. The summed E-state index contributed by atoms with van der Waals surface area (Å²) in [6.07, 6.45) is 1.80. The van der Waals surface area contributed by atoms with Gasteiger partial charge in [-0.3, -0.25) is 9.59 Å². The monoisotopic (exact) mass is 214 g/mol. The van der Waals surface area contributed by atoms with E-state index in [-0.39, 0.29) is 24.3 Å². The van der Waals surface area contributed by atoms with Crippen LogP contribution in [0, 0.1) is 5.92 Å². The predicted octanol–water partition coefficient (Wildman–Crippen LogP) is -0.647. The molecule has 1 saturated heterocycles. The fourth-order valence-corrected chi connectivity index (χ4v) is 1.63. The summed E-state index contributed by atoms with van der Waals surface area (Å²) >= 11 is 0. The molecule has 0 radical (unpaired) electrons. The lowest BCUT2D eigenvalue weighted by Crippen LogP contribution is -2.32. The molecule has 0 spiro atoms. The van der Waals surface area contributed by atoms with E-state index in [2.05, 4.69) is 5.32 Å². The maximum atomic E-state index is 11.5. The average molecular weight is 214 g/mol. The molecule has 0 aliphatic carbocycles. The summed E-state index contributed by atoms with van der Waals surface area (Å²) in [6, 6.07) is 0. The number of aliphatic hydroxyl groups excluding tert-OH is 1. The van der Waals surface area contributed by atoms with Gasteiger partial charge in [0.15, 0.2) is 0 Å². The van der Waals surface area contributed by atoms with Gasteiger partial charge in [-0.05, 0) is 12.8 Å². The number of carbonyl (C=O) groups excluding carboxylic acids is 2. The van der Waals surface area contributed by atoms with Gasteiger partial charge in [0, 0.05) is 33.2 Å². The van der Waals surface area contributed by atoms with Crippen molar-refractivity contribution in [2.24, 2.45) is 5.92 Å². The van der Waals surface area contributed by atoms with Gasteiger partial charge in [0.2, 0.25) is 11.8 Å². The van der Waals surface area contributed by atoms with Crippen molar-refractivity contribution in [2.45, 2.75) is 19.3 Å². The second kappa shape index (κ2) is 5.70. The van der Waals surface area contributed by atoms with Crippen LogP contribution in [0.5, 0.6) is 0 Å². The number of hydrogen-bond donors (Lipinski definition) is 2. The van der Waals surface area contributed by atoms with Crippen LogP contribution in [0.2, 0.25) is 0 Å². The van der Waals surface area contributed by atoms with Gasteiger partial charge in [0.05, 0.1) is 5.92 Å². The van der Waals surface area contributed by atoms with Crippen molar-refractivity contribution in [3.63, 3.8) is 0 Å². The van der Waals surface area contributed by atoms with Crippen molar-refractivity contribution in [1.82, 2.24) is 10.2 Å². The Morgan fingerprint density at radius 3 is 2.87 bits per heavy atom. The Kier molecular flexibility index (Phi) is 4.55. The summed E-state index contributed by atoms with van der Waals surface area (Å²) in [5.41, 5.74) is 0. The third-order valence-electron chi connectivity index (χ3n) is 2.60. The highest BCUT2D eigenvalue weighted by molar-refractivity contribution is 5.89. The van der Waals surface area contributed by atoms with E-state index in [9.17, 15) is 9.59 Å². The first-order valence-corrected chi connectivity index (χ1v) is 5.27. The zero-order chi connectivity index (χ0) is 11.3. The number of unbranched alkanes of at least 4 members (excludes halogenated alkanes) is 1. The Balaban J connectivity index is 2.21. The van der Waals surface area contributed by atoms with Crippen molar-refractivity contribution >= 4 is 11.8 Å². The van der Waals surface area contributed by atoms with E-state index in [0.717, 1.165) is 6.42 Å². The summed E-state index contributed by atoms with van der Waals surface area (Å²) in [5, 5.41) is 11.3. The topological polar surface area (TPSA) is 69.6 Å². The number of likely N-dealkylation sites (tertiary alicyclic amines) is 1. The Bertz CT molecular complexity index is 243. The largest absolute Gasteiger partial charge is 0.396 e. The minimum absolute atomic E-state index is 0.0329. The Hall–Kier alpha value is -1.10. The Morgan fingerprint density at radius 1 is 1.60 bits per heavy atom. The number of nitrogens with zero attached hydrogens (tertiary/aromatic N) is 1. The number of carbonyl (C=O) groups is 2. The average Bonchev–Trinajstić information content (AvgIpc) is 2.54. The summed E-state index contributed by atoms with van der Waals surface area (Å²) in [5.74, 6) is -0.215. The van der Waals surface area contributed by atoms with Crippen molar-refractivity contribution in [3.8, 4) is 0 Å². The molecule has 0 aromatic rings. The molecule has 86 valence electrons. The second-order valence-corrected chi connectivity index (χ2v) is 3.90. The maximum Gasteiger partial charge on any atom is 0.225 e. The van der Waals surface area contributed by atoms with Crippen LogP contribution in [0.3, 0.4) is 0 Å². The van der Waals surface area contributed by atoms with Gasteiger partial charge in [-0.15, -0.1) is 0 Å². The fraction of sp³-hybridized carbons (Fsp3) is 0.800. The molecule has 1 atom stereocenters. The molecule has 1 unspecified atom stereocenters. The minimum Gasteiger partial charge on any atom is -0.396 e. The van der Waals surface area contributed by atoms with Gasteiger partial charge in [0.1, 0.15) is 0 Å². The molecule has 2 N–H and O–H groups in total. The Morgan fingerprint density at radius 2 is 2.33 bits per heavy atom. The number of hydrogen-bond acceptors (Lipinski definition) is 3. The van der Waals surface area contributed by atoms with Crippen LogP contribution < -0.4 is 5.32 Å². The first-order valence-electron chi connectivity index (χ1n) is 5.27. The zero-order valence-corrected chi connectivity index (χ0v) is 9.03. The fourth-order valence-electron chi connectivity index (χ4n) is 1.63. The van der Waals surface area contributed by atoms with Crippen molar-refractivity contribution in [1.29, 1.82) is 0 Å². The molecule has 1 heterocycles. The highest BCUT2D eigenvalue weighted by Crippen LogP contribution is 2.15. The normalized spacial score (nSPS) is 20.8. The molecule has 0 aromatic heterocycles. The van der Waals surface area contributed by atoms with Gasteiger partial charge in [-0.25, -0.2) is 0 Å². The molecule has 0 aromatic carbocycles. The van der Waals surface area contributed by atoms with E-state index in [4.69, 9.17) is 5.11 Å². The SMILES string of the molecule is CN1CC(C(=O)NCCCCO)CC1=O. The first kappa shape index (κ1) is 12.0. The molecule has 1 fully saturated rings. The zero-order valence-electron chi connectivity index (χ0n) is 9.03. The molecular formula is C10H18N2O3. The van der Waals surface area contributed by atoms with Gasteiger partial charge in [-0.2, -0.15) is 0 Å². The summed E-state index contributed by atoms with van der Waals surface area (Å²) in [4.78, 5) is 24.3. The van der Waals surface area contributed by atoms with Crippen molar-refractivity contribution in [2.75, 3.05) is 26.7 Å². The molecule has 1 aliphatic heterocycles. The molecule has 5 heteroatoms. The van der Waals surface area contributed by atoms with Crippen LogP contribution in [0.25, 0.3) is 0 Å². The molecular weight excluding hydrogens is 196 g/mol. The minimum atomic E-state index is -0.198. The van der Waals surface area contributed by atoms with Crippen molar-refractivity contribution in [3.05, 3.63) is 0 Å². The smallest absolute Gasteiger partial charge is 0.225 e. The van der Waals surface area contributed by atoms with E-state index in [1.807, 2.05) is 0 Å². The third kappa shape index (κ3) is 3.51. The van der Waals surface area contributed by atoms with Crippen LogP contribution in [0.15, 0.2) is 0 Å². The standard InChI is InChI=1S/C10H18N2O3/c1-12-7-8(6-9(12)14)10(15)11-4-2-3-5-13/h8,13H,2-7H2,1H3,(H,11,15). The number of amides is 2. The van der Waals surface area contributed by atoms with Crippen LogP contribution in [0.4, 0.5) is 0 Å². The Labute approximate surface area is 89.4 Å². The van der Waals surface area contributed by atoms with E-state index in [1.165, 1.54) is 0 Å². The maximum absolute atomic E-state index is 11.5. The van der Waals surface area contributed by atoms with Crippen molar-refractivity contribution < 1.29 is 14.7 Å². The number of rotatable bonds is 5.